The third kappa shape index (κ3) is 5.04. The average Bonchev–Trinajstić information content (AvgIpc) is 3.35. The van der Waals surface area contributed by atoms with Crippen LogP contribution < -0.4 is 5.32 Å². The smallest absolute Gasteiger partial charge is 0.251 e. The minimum atomic E-state index is -0.0180. The zero-order chi connectivity index (χ0) is 17.3. The molecule has 0 atom stereocenters. The van der Waals surface area contributed by atoms with Crippen molar-refractivity contribution in [1.29, 1.82) is 0 Å². The number of hydrogen-bond donors (Lipinski definition) is 1. The monoisotopic (exact) mass is 337 g/mol. The van der Waals surface area contributed by atoms with Crippen LogP contribution in [0.3, 0.4) is 0 Å². The summed E-state index contributed by atoms with van der Waals surface area (Å²) in [6.45, 7) is 1.73. The molecule has 0 radical (unpaired) electrons. The molecule has 3 aromatic rings. The molecule has 0 unspecified atom stereocenters. The van der Waals surface area contributed by atoms with Crippen LogP contribution in [0.1, 0.15) is 36.0 Å². The lowest BCUT2D eigenvalue weighted by atomic mass is 10.1. The Balaban J connectivity index is 1.32. The van der Waals surface area contributed by atoms with E-state index in [9.17, 15) is 4.79 Å². The first-order chi connectivity index (χ1) is 12.3. The molecule has 0 fully saturated rings. The van der Waals surface area contributed by atoms with Crippen LogP contribution in [0, 0.1) is 0 Å². The van der Waals surface area contributed by atoms with Crippen LogP contribution in [-0.4, -0.2) is 31.6 Å². The third-order valence-electron chi connectivity index (χ3n) is 4.12. The molecule has 0 aliphatic heterocycles. The van der Waals surface area contributed by atoms with E-state index in [1.807, 2.05) is 47.6 Å². The highest BCUT2D eigenvalue weighted by Crippen LogP contribution is 2.09. The van der Waals surface area contributed by atoms with Gasteiger partial charge in [0, 0.05) is 49.1 Å². The summed E-state index contributed by atoms with van der Waals surface area (Å²) in [7, 11) is 0. The van der Waals surface area contributed by atoms with E-state index in [-0.39, 0.29) is 5.91 Å². The number of carbonyl (C=O) groups excluding carboxylic acids is 1. The first-order valence-corrected chi connectivity index (χ1v) is 8.65. The summed E-state index contributed by atoms with van der Waals surface area (Å²) in [6, 6.07) is 7.53. The summed E-state index contributed by atoms with van der Waals surface area (Å²) in [5, 5.41) is 2.98. The number of rotatable bonds is 9. The van der Waals surface area contributed by atoms with E-state index in [1.165, 1.54) is 0 Å². The van der Waals surface area contributed by atoms with Crippen LogP contribution in [-0.2, 0) is 6.54 Å². The zero-order valence-corrected chi connectivity index (χ0v) is 14.2. The second kappa shape index (κ2) is 8.82. The van der Waals surface area contributed by atoms with Crippen molar-refractivity contribution in [3.8, 4) is 5.69 Å². The number of hydrogen-bond acceptors (Lipinski definition) is 3. The van der Waals surface area contributed by atoms with Crippen molar-refractivity contribution in [2.45, 2.75) is 32.2 Å². The number of carbonyl (C=O) groups is 1. The molecule has 0 saturated heterocycles. The van der Waals surface area contributed by atoms with Gasteiger partial charge in [-0.1, -0.05) is 12.8 Å². The fourth-order valence-corrected chi connectivity index (χ4v) is 2.69. The van der Waals surface area contributed by atoms with Gasteiger partial charge in [-0.25, -0.2) is 9.97 Å². The van der Waals surface area contributed by atoms with Crippen molar-refractivity contribution in [1.82, 2.24) is 24.4 Å². The van der Waals surface area contributed by atoms with Gasteiger partial charge in [-0.15, -0.1) is 0 Å². The Kier molecular flexibility index (Phi) is 5.98. The Morgan fingerprint density at radius 2 is 1.68 bits per heavy atom. The normalized spacial score (nSPS) is 10.7. The first-order valence-electron chi connectivity index (χ1n) is 8.65. The molecule has 0 spiro atoms. The Morgan fingerprint density at radius 1 is 0.920 bits per heavy atom. The van der Waals surface area contributed by atoms with Gasteiger partial charge in [-0.05, 0) is 37.1 Å². The van der Waals surface area contributed by atoms with Crippen molar-refractivity contribution in [3.63, 3.8) is 0 Å². The van der Waals surface area contributed by atoms with Gasteiger partial charge < -0.3 is 14.5 Å². The molecule has 1 N–H and O–H groups in total. The van der Waals surface area contributed by atoms with Crippen LogP contribution in [0.15, 0.2) is 61.7 Å². The molecular formula is C19H23N5O. The minimum absolute atomic E-state index is 0.0180. The van der Waals surface area contributed by atoms with Gasteiger partial charge in [-0.3, -0.25) is 4.79 Å². The maximum Gasteiger partial charge on any atom is 0.251 e. The van der Waals surface area contributed by atoms with Gasteiger partial charge in [0.15, 0.2) is 0 Å². The maximum atomic E-state index is 12.1. The van der Waals surface area contributed by atoms with Gasteiger partial charge in [-0.2, -0.15) is 0 Å². The minimum Gasteiger partial charge on any atom is -0.352 e. The van der Waals surface area contributed by atoms with Crippen LogP contribution in [0.5, 0.6) is 0 Å². The Bertz CT molecular complexity index is 748. The standard InChI is InChI=1S/C19H23N5O/c25-19(17-5-7-18(8-6-17)24-14-11-21-16-24)22-9-3-1-2-4-12-23-13-10-20-15-23/h5-8,10-11,13-16H,1-4,9,12H2,(H,22,25). The maximum absolute atomic E-state index is 12.1. The molecular weight excluding hydrogens is 314 g/mol. The third-order valence-corrected chi connectivity index (χ3v) is 4.12. The van der Waals surface area contributed by atoms with Crippen molar-refractivity contribution in [2.75, 3.05) is 6.54 Å². The lowest BCUT2D eigenvalue weighted by molar-refractivity contribution is 0.0953. The Morgan fingerprint density at radius 3 is 2.40 bits per heavy atom. The highest BCUT2D eigenvalue weighted by atomic mass is 16.1. The van der Waals surface area contributed by atoms with Crippen molar-refractivity contribution in [3.05, 3.63) is 67.3 Å². The molecule has 0 aliphatic rings. The van der Waals surface area contributed by atoms with E-state index < -0.39 is 0 Å². The van der Waals surface area contributed by atoms with Crippen LogP contribution in [0.4, 0.5) is 0 Å². The summed E-state index contributed by atoms with van der Waals surface area (Å²) in [4.78, 5) is 20.2. The van der Waals surface area contributed by atoms with E-state index in [2.05, 4.69) is 19.9 Å². The van der Waals surface area contributed by atoms with Crippen LogP contribution >= 0.6 is 0 Å². The number of benzene rings is 1. The lowest BCUT2D eigenvalue weighted by Crippen LogP contribution is -2.24. The molecule has 0 saturated carbocycles. The Hall–Kier alpha value is -2.89. The van der Waals surface area contributed by atoms with Gasteiger partial charge >= 0.3 is 0 Å². The second-order valence-electron chi connectivity index (χ2n) is 5.99. The summed E-state index contributed by atoms with van der Waals surface area (Å²) in [5.74, 6) is -0.0180. The second-order valence-corrected chi connectivity index (χ2v) is 5.99. The molecule has 3 rings (SSSR count). The van der Waals surface area contributed by atoms with Crippen LogP contribution in [0.2, 0.25) is 0 Å². The molecule has 0 aliphatic carbocycles. The van der Waals surface area contributed by atoms with Crippen molar-refractivity contribution in [2.24, 2.45) is 0 Å². The van der Waals surface area contributed by atoms with E-state index in [0.717, 1.165) is 37.9 Å². The molecule has 1 amide bonds. The summed E-state index contributed by atoms with van der Waals surface area (Å²) >= 11 is 0. The number of nitrogens with zero attached hydrogens (tertiary/aromatic N) is 4. The molecule has 6 nitrogen and oxygen atoms in total. The lowest BCUT2D eigenvalue weighted by Gasteiger charge is -2.07. The fraction of sp³-hybridized carbons (Fsp3) is 0.316. The first kappa shape index (κ1) is 17.0. The van der Waals surface area contributed by atoms with E-state index in [1.54, 1.807) is 18.7 Å². The van der Waals surface area contributed by atoms with Crippen molar-refractivity contribution >= 4 is 5.91 Å². The van der Waals surface area contributed by atoms with Gasteiger partial charge in [0.25, 0.3) is 5.91 Å². The van der Waals surface area contributed by atoms with Gasteiger partial charge in [0.05, 0.1) is 12.7 Å². The number of unbranched alkanes of at least 4 members (excludes halogenated alkanes) is 3. The van der Waals surface area contributed by atoms with Crippen LogP contribution in [0.25, 0.3) is 5.69 Å². The highest BCUT2D eigenvalue weighted by Gasteiger charge is 2.05. The number of aryl methyl sites for hydroxylation is 1. The van der Waals surface area contributed by atoms with Gasteiger partial charge in [0.1, 0.15) is 0 Å². The Labute approximate surface area is 147 Å². The number of nitrogens with one attached hydrogen (secondary N) is 1. The number of aromatic nitrogens is 4. The fourth-order valence-electron chi connectivity index (χ4n) is 2.69. The van der Waals surface area contributed by atoms with E-state index >= 15 is 0 Å². The zero-order valence-electron chi connectivity index (χ0n) is 14.2. The van der Waals surface area contributed by atoms with E-state index in [4.69, 9.17) is 0 Å². The molecule has 6 heteroatoms. The largest absolute Gasteiger partial charge is 0.352 e. The molecule has 25 heavy (non-hydrogen) atoms. The summed E-state index contributed by atoms with van der Waals surface area (Å²) in [5.41, 5.74) is 1.68. The highest BCUT2D eigenvalue weighted by molar-refractivity contribution is 5.94. The molecule has 2 heterocycles. The summed E-state index contributed by atoms with van der Waals surface area (Å²) < 4.78 is 4.00. The predicted molar refractivity (Wildman–Crippen MR) is 96.6 cm³/mol. The summed E-state index contributed by atoms with van der Waals surface area (Å²) in [6.07, 6.45) is 15.4. The molecule has 1 aromatic carbocycles. The number of amides is 1. The molecule has 0 bridgehead atoms. The van der Waals surface area contributed by atoms with E-state index in [0.29, 0.717) is 12.1 Å². The predicted octanol–water partition coefficient (Wildman–Crippen LogP) is 3.06. The molecule has 130 valence electrons. The molecule has 2 aromatic heterocycles. The van der Waals surface area contributed by atoms with Crippen molar-refractivity contribution < 1.29 is 4.79 Å². The SMILES string of the molecule is O=C(NCCCCCCn1ccnc1)c1ccc(-n2ccnc2)cc1. The van der Waals surface area contributed by atoms with Gasteiger partial charge in [0.2, 0.25) is 0 Å². The average molecular weight is 337 g/mol. The topological polar surface area (TPSA) is 64.7 Å². The quantitative estimate of drug-likeness (QED) is 0.610. The number of imidazole rings is 2.